The second-order valence-electron chi connectivity index (χ2n) is 4.57. The molecule has 0 amide bonds. The molecule has 2 rings (SSSR count). The molecule has 0 saturated heterocycles. The van der Waals surface area contributed by atoms with E-state index in [1.165, 1.54) is 23.9 Å². The van der Waals surface area contributed by atoms with Gasteiger partial charge in [0.25, 0.3) is 0 Å². The van der Waals surface area contributed by atoms with Crippen LogP contribution in [0.5, 0.6) is 0 Å². The zero-order chi connectivity index (χ0) is 14.4. The molecule has 4 nitrogen and oxygen atoms in total. The molecular formula is C12H13ClO4S2. The number of carboxylic acids is 1. The highest BCUT2D eigenvalue weighted by Crippen LogP contribution is 2.42. The molecule has 1 aliphatic rings. The van der Waals surface area contributed by atoms with Crippen LogP contribution in [-0.4, -0.2) is 29.3 Å². The number of fused-ring (bicyclic) bond motifs is 1. The molecule has 0 fully saturated rings. The minimum absolute atomic E-state index is 0.0421. The van der Waals surface area contributed by atoms with Gasteiger partial charge >= 0.3 is 5.97 Å². The van der Waals surface area contributed by atoms with Gasteiger partial charge in [-0.1, -0.05) is 25.4 Å². The lowest BCUT2D eigenvalue weighted by Gasteiger charge is -2.11. The van der Waals surface area contributed by atoms with E-state index in [-0.39, 0.29) is 27.2 Å². The maximum absolute atomic E-state index is 12.3. The van der Waals surface area contributed by atoms with Crippen molar-refractivity contribution in [3.05, 3.63) is 28.3 Å². The molecule has 1 atom stereocenters. The van der Waals surface area contributed by atoms with Crippen LogP contribution in [0.1, 0.15) is 29.8 Å². The summed E-state index contributed by atoms with van der Waals surface area (Å²) in [5.74, 6) is -1.15. The number of rotatable bonds is 3. The van der Waals surface area contributed by atoms with Crippen LogP contribution in [0.2, 0.25) is 5.02 Å². The number of halogens is 1. The van der Waals surface area contributed by atoms with Crippen molar-refractivity contribution in [1.82, 2.24) is 0 Å². The molecule has 0 spiro atoms. The lowest BCUT2D eigenvalue weighted by atomic mass is 10.1. The highest BCUT2D eigenvalue weighted by atomic mass is 35.5. The fraction of sp³-hybridized carbons (Fsp3) is 0.417. The Morgan fingerprint density at radius 3 is 2.63 bits per heavy atom. The number of sulfone groups is 1. The second kappa shape index (κ2) is 5.00. The predicted molar refractivity (Wildman–Crippen MR) is 75.8 cm³/mol. The van der Waals surface area contributed by atoms with Crippen LogP contribution in [0.15, 0.2) is 17.0 Å². The van der Waals surface area contributed by atoms with Crippen LogP contribution in [0.3, 0.4) is 0 Å². The molecule has 104 valence electrons. The summed E-state index contributed by atoms with van der Waals surface area (Å²) in [5, 5.41) is 9.21. The Morgan fingerprint density at radius 2 is 2.11 bits per heavy atom. The van der Waals surface area contributed by atoms with E-state index in [0.717, 1.165) is 0 Å². The van der Waals surface area contributed by atoms with Crippen molar-refractivity contribution in [1.29, 1.82) is 0 Å². The number of benzene rings is 1. The van der Waals surface area contributed by atoms with E-state index >= 15 is 0 Å². The molecule has 0 bridgehead atoms. The molecule has 7 heteroatoms. The molecule has 0 radical (unpaired) electrons. The highest BCUT2D eigenvalue weighted by molar-refractivity contribution is 8.14. The van der Waals surface area contributed by atoms with Crippen molar-refractivity contribution in [2.24, 2.45) is 0 Å². The van der Waals surface area contributed by atoms with Crippen molar-refractivity contribution in [3.63, 3.8) is 0 Å². The van der Waals surface area contributed by atoms with Gasteiger partial charge in [-0.2, -0.15) is 0 Å². The van der Waals surface area contributed by atoms with Crippen molar-refractivity contribution >= 4 is 39.2 Å². The van der Waals surface area contributed by atoms with Crippen molar-refractivity contribution in [2.45, 2.75) is 35.0 Å². The van der Waals surface area contributed by atoms with E-state index in [0.29, 0.717) is 5.56 Å². The molecule has 1 aromatic rings. The molecule has 0 saturated carbocycles. The van der Waals surface area contributed by atoms with Gasteiger partial charge in [-0.05, 0) is 17.7 Å². The van der Waals surface area contributed by atoms with Gasteiger partial charge in [-0.15, -0.1) is 11.8 Å². The fourth-order valence-electron chi connectivity index (χ4n) is 2.07. The summed E-state index contributed by atoms with van der Waals surface area (Å²) in [6.45, 7) is 3.85. The average molecular weight is 321 g/mol. The Hall–Kier alpha value is -0.720. The first-order chi connectivity index (χ1) is 8.75. The molecular weight excluding hydrogens is 308 g/mol. The Balaban J connectivity index is 2.54. The van der Waals surface area contributed by atoms with Gasteiger partial charge < -0.3 is 5.11 Å². The highest BCUT2D eigenvalue weighted by Gasteiger charge is 2.40. The second-order valence-corrected chi connectivity index (χ2v) is 9.13. The maximum Gasteiger partial charge on any atom is 0.337 e. The predicted octanol–water partition coefficient (Wildman–Crippen LogP) is 2.84. The smallest absolute Gasteiger partial charge is 0.337 e. The summed E-state index contributed by atoms with van der Waals surface area (Å²) in [6.07, 6.45) is 0.264. The third-order valence-electron chi connectivity index (χ3n) is 2.88. The van der Waals surface area contributed by atoms with E-state index in [2.05, 4.69) is 0 Å². The lowest BCUT2D eigenvalue weighted by Crippen LogP contribution is -2.15. The van der Waals surface area contributed by atoms with Crippen molar-refractivity contribution in [2.75, 3.05) is 0 Å². The van der Waals surface area contributed by atoms with Gasteiger partial charge in [-0.3, -0.25) is 0 Å². The Kier molecular flexibility index (Phi) is 3.86. The minimum Gasteiger partial charge on any atom is -0.478 e. The topological polar surface area (TPSA) is 71.4 Å². The SMILES string of the molecule is CC(C)SC1Cc2c(ccc(C(=O)O)c2Cl)S1(=O)=O. The third kappa shape index (κ3) is 2.49. The lowest BCUT2D eigenvalue weighted by molar-refractivity contribution is 0.0697. The van der Waals surface area contributed by atoms with Crippen molar-refractivity contribution in [3.8, 4) is 0 Å². The van der Waals surface area contributed by atoms with Crippen LogP contribution in [0, 0.1) is 0 Å². The number of carbonyl (C=O) groups is 1. The summed E-state index contributed by atoms with van der Waals surface area (Å²) in [4.78, 5) is 11.2. The number of carboxylic acid groups (broad SMARTS) is 1. The zero-order valence-corrected chi connectivity index (χ0v) is 12.8. The molecule has 1 aliphatic heterocycles. The number of thioether (sulfide) groups is 1. The third-order valence-corrected chi connectivity index (χ3v) is 7.27. The zero-order valence-electron chi connectivity index (χ0n) is 10.4. The van der Waals surface area contributed by atoms with Crippen LogP contribution < -0.4 is 0 Å². The Bertz CT molecular complexity index is 637. The van der Waals surface area contributed by atoms with Gasteiger partial charge in [0, 0.05) is 11.7 Å². The number of aromatic carboxylic acids is 1. The van der Waals surface area contributed by atoms with Crippen LogP contribution in [0.4, 0.5) is 0 Å². The first-order valence-corrected chi connectivity index (χ1v) is 8.56. The Labute approximate surface area is 121 Å². The summed E-state index contributed by atoms with van der Waals surface area (Å²) in [7, 11) is -3.42. The minimum atomic E-state index is -3.42. The van der Waals surface area contributed by atoms with Crippen molar-refractivity contribution < 1.29 is 18.3 Å². The van der Waals surface area contributed by atoms with Gasteiger partial charge in [-0.25, -0.2) is 13.2 Å². The summed E-state index contributed by atoms with van der Waals surface area (Å²) < 4.78 is 24.1. The van der Waals surface area contributed by atoms with Gasteiger partial charge in [0.05, 0.1) is 15.5 Å². The van der Waals surface area contributed by atoms with Gasteiger partial charge in [0.15, 0.2) is 9.84 Å². The van der Waals surface area contributed by atoms with E-state index in [1.807, 2.05) is 13.8 Å². The van der Waals surface area contributed by atoms with Crippen LogP contribution in [0.25, 0.3) is 0 Å². The summed E-state index contributed by atoms with van der Waals surface area (Å²) in [5.41, 5.74) is 0.380. The Morgan fingerprint density at radius 1 is 1.47 bits per heavy atom. The molecule has 0 aromatic heterocycles. The molecule has 1 heterocycles. The molecule has 1 N–H and O–H groups in total. The fourth-order valence-corrected chi connectivity index (χ4v) is 6.34. The molecule has 1 unspecified atom stereocenters. The summed E-state index contributed by atoms with van der Waals surface area (Å²) >= 11 is 7.38. The van der Waals surface area contributed by atoms with Gasteiger partial charge in [0.1, 0.15) is 4.58 Å². The first-order valence-electron chi connectivity index (χ1n) is 5.69. The molecule has 19 heavy (non-hydrogen) atoms. The average Bonchev–Trinajstić information content (AvgIpc) is 2.52. The molecule has 0 aliphatic carbocycles. The standard InChI is InChI=1S/C12H13ClO4S2/c1-6(2)18-10-5-8-9(19(10,16)17)4-3-7(11(8)13)12(14)15/h3-4,6,10H,5H2,1-2H3,(H,14,15). The van der Waals surface area contributed by atoms with E-state index in [4.69, 9.17) is 16.7 Å². The van der Waals surface area contributed by atoms with Crippen LogP contribution >= 0.6 is 23.4 Å². The maximum atomic E-state index is 12.3. The number of hydrogen-bond acceptors (Lipinski definition) is 4. The monoisotopic (exact) mass is 320 g/mol. The van der Waals surface area contributed by atoms with E-state index in [9.17, 15) is 13.2 Å². The van der Waals surface area contributed by atoms with E-state index in [1.54, 1.807) is 0 Å². The van der Waals surface area contributed by atoms with Crippen LogP contribution in [-0.2, 0) is 16.3 Å². The van der Waals surface area contributed by atoms with Gasteiger partial charge in [0.2, 0.25) is 0 Å². The van der Waals surface area contributed by atoms with E-state index < -0.39 is 20.4 Å². The molecule has 1 aromatic carbocycles. The quantitative estimate of drug-likeness (QED) is 0.927. The summed E-state index contributed by atoms with van der Waals surface area (Å²) in [6, 6.07) is 2.60. The first kappa shape index (κ1) is 14.7. The number of hydrogen-bond donors (Lipinski definition) is 1. The normalized spacial score (nSPS) is 20.5. The largest absolute Gasteiger partial charge is 0.478 e.